The molecule has 144 valence electrons. The molecule has 0 bridgehead atoms. The van der Waals surface area contributed by atoms with Gasteiger partial charge < -0.3 is 10.2 Å². The summed E-state index contributed by atoms with van der Waals surface area (Å²) in [7, 11) is -1.17. The third-order valence-electron chi connectivity index (χ3n) is 4.47. The van der Waals surface area contributed by atoms with Gasteiger partial charge in [-0.15, -0.1) is 0 Å². The molecule has 1 saturated heterocycles. The first-order valence-corrected chi connectivity index (χ1v) is 10.6. The highest BCUT2D eigenvalue weighted by molar-refractivity contribution is 7.91. The van der Waals surface area contributed by atoms with Crippen molar-refractivity contribution in [3.63, 3.8) is 0 Å². The van der Waals surface area contributed by atoms with E-state index in [1.807, 2.05) is 24.1 Å². The van der Waals surface area contributed by atoms with E-state index in [0.717, 1.165) is 12.0 Å². The molecule has 27 heavy (non-hydrogen) atoms. The van der Waals surface area contributed by atoms with Crippen molar-refractivity contribution in [2.24, 2.45) is 0 Å². The molecule has 1 unspecified atom stereocenters. The van der Waals surface area contributed by atoms with E-state index < -0.39 is 9.84 Å². The lowest BCUT2D eigenvalue weighted by Gasteiger charge is -2.18. The Morgan fingerprint density at radius 3 is 2.70 bits per heavy atom. The summed E-state index contributed by atoms with van der Waals surface area (Å²) in [6, 6.07) is 5.17. The summed E-state index contributed by atoms with van der Waals surface area (Å²) in [5, 5.41) is 2.77. The summed E-state index contributed by atoms with van der Waals surface area (Å²) in [5.74, 6) is 0.199. The fourth-order valence-corrected chi connectivity index (χ4v) is 4.63. The Kier molecular flexibility index (Phi) is 5.69. The molecule has 0 saturated carbocycles. The number of carbonyl (C=O) groups excluding carboxylic acids is 1. The highest BCUT2D eigenvalue weighted by Crippen LogP contribution is 2.14. The number of nitrogens with one attached hydrogen (secondary N) is 1. The minimum absolute atomic E-state index is 0.0124. The normalized spacial score (nSPS) is 18.2. The van der Waals surface area contributed by atoms with Crippen LogP contribution < -0.4 is 10.2 Å². The van der Waals surface area contributed by atoms with Gasteiger partial charge in [0.25, 0.3) is 5.91 Å². The van der Waals surface area contributed by atoms with Crippen molar-refractivity contribution >= 4 is 21.7 Å². The molecule has 1 atom stereocenters. The van der Waals surface area contributed by atoms with E-state index in [1.54, 1.807) is 25.4 Å². The Bertz CT molecular complexity index is 918. The molecule has 2 aromatic heterocycles. The average molecular weight is 389 g/mol. The minimum atomic E-state index is -3.05. The molecular weight excluding hydrogens is 366 g/mol. The molecule has 1 fully saturated rings. The van der Waals surface area contributed by atoms with Gasteiger partial charge in [-0.25, -0.2) is 18.4 Å². The molecule has 3 rings (SSSR count). The Morgan fingerprint density at radius 1 is 1.30 bits per heavy atom. The number of anilines is 1. The Labute approximate surface area is 159 Å². The first-order chi connectivity index (χ1) is 12.8. The first kappa shape index (κ1) is 19.2. The minimum Gasteiger partial charge on any atom is -0.347 e. The number of hydrogen-bond acceptors (Lipinski definition) is 7. The molecule has 1 aliphatic rings. The number of amides is 1. The Balaban J connectivity index is 1.67. The summed E-state index contributed by atoms with van der Waals surface area (Å²) < 4.78 is 23.1. The van der Waals surface area contributed by atoms with Crippen molar-refractivity contribution in [1.82, 2.24) is 20.3 Å². The van der Waals surface area contributed by atoms with Gasteiger partial charge in [-0.05, 0) is 43.5 Å². The molecule has 0 radical (unpaired) electrons. The highest BCUT2D eigenvalue weighted by Gasteiger charge is 2.29. The number of nitrogens with zero attached hydrogens (tertiary/aromatic N) is 4. The van der Waals surface area contributed by atoms with Gasteiger partial charge in [-0.3, -0.25) is 9.78 Å². The summed E-state index contributed by atoms with van der Waals surface area (Å²) >= 11 is 0. The fourth-order valence-electron chi connectivity index (χ4n) is 2.95. The van der Waals surface area contributed by atoms with Gasteiger partial charge in [-0.2, -0.15) is 0 Å². The van der Waals surface area contributed by atoms with E-state index in [2.05, 4.69) is 20.3 Å². The van der Waals surface area contributed by atoms with Crippen LogP contribution in [-0.2, 0) is 16.3 Å². The lowest BCUT2D eigenvalue weighted by atomic mass is 10.2. The van der Waals surface area contributed by atoms with E-state index >= 15 is 0 Å². The third-order valence-corrected chi connectivity index (χ3v) is 6.24. The van der Waals surface area contributed by atoms with E-state index in [4.69, 9.17) is 0 Å². The van der Waals surface area contributed by atoms with Gasteiger partial charge in [0.2, 0.25) is 5.95 Å². The third kappa shape index (κ3) is 5.22. The smallest absolute Gasteiger partial charge is 0.270 e. The van der Waals surface area contributed by atoms with Gasteiger partial charge in [0, 0.05) is 37.7 Å². The van der Waals surface area contributed by atoms with Gasteiger partial charge in [-0.1, -0.05) is 0 Å². The van der Waals surface area contributed by atoms with Crippen molar-refractivity contribution in [2.75, 3.05) is 30.0 Å². The van der Waals surface area contributed by atoms with E-state index in [-0.39, 0.29) is 29.1 Å². The first-order valence-electron chi connectivity index (χ1n) is 8.79. The molecule has 0 aromatic carbocycles. The van der Waals surface area contributed by atoms with Crippen LogP contribution in [0.15, 0.2) is 30.6 Å². The number of hydrogen-bond donors (Lipinski definition) is 1. The van der Waals surface area contributed by atoms with E-state index in [1.165, 1.54) is 0 Å². The van der Waals surface area contributed by atoms with Crippen LogP contribution in [0.4, 0.5) is 5.95 Å². The quantitative estimate of drug-likeness (QED) is 0.778. The zero-order valence-corrected chi connectivity index (χ0v) is 16.2. The van der Waals surface area contributed by atoms with Crippen LogP contribution in [0.2, 0.25) is 0 Å². The number of rotatable bonds is 6. The van der Waals surface area contributed by atoms with Gasteiger partial charge in [0.1, 0.15) is 5.69 Å². The molecular formula is C18H23N5O3S. The van der Waals surface area contributed by atoms with Crippen molar-refractivity contribution < 1.29 is 13.2 Å². The largest absolute Gasteiger partial charge is 0.347 e. The second-order valence-corrected chi connectivity index (χ2v) is 9.02. The summed E-state index contributed by atoms with van der Waals surface area (Å²) in [6.07, 6.45) is 4.75. The van der Waals surface area contributed by atoms with Crippen LogP contribution >= 0.6 is 0 Å². The maximum Gasteiger partial charge on any atom is 0.270 e. The standard InChI is InChI=1S/C18H23N5O3S/c1-13-11-16(17(24)21-15-6-10-27(25,26)12-15)22-18(20-13)23(2)9-5-14-3-7-19-8-4-14/h3-4,7-8,11,15H,5-6,9-10,12H2,1-2H3,(H,21,24). The fraction of sp³-hybridized carbons (Fsp3) is 0.444. The highest BCUT2D eigenvalue weighted by atomic mass is 32.2. The van der Waals surface area contributed by atoms with Crippen LogP contribution in [-0.4, -0.2) is 60.4 Å². The topological polar surface area (TPSA) is 105 Å². The maximum absolute atomic E-state index is 12.5. The number of likely N-dealkylation sites (N-methyl/N-ethyl adjacent to an activating group) is 1. The number of pyridine rings is 1. The molecule has 1 aliphatic heterocycles. The number of aromatic nitrogens is 3. The van der Waals surface area contributed by atoms with Crippen LogP contribution in [0, 0.1) is 6.92 Å². The van der Waals surface area contributed by atoms with Gasteiger partial charge in [0.15, 0.2) is 9.84 Å². The lowest BCUT2D eigenvalue weighted by Crippen LogP contribution is -2.36. The maximum atomic E-state index is 12.5. The van der Waals surface area contributed by atoms with E-state index in [0.29, 0.717) is 24.6 Å². The summed E-state index contributed by atoms with van der Waals surface area (Å²) in [6.45, 7) is 2.49. The van der Waals surface area contributed by atoms with E-state index in [9.17, 15) is 13.2 Å². The second-order valence-electron chi connectivity index (χ2n) is 6.80. The predicted molar refractivity (Wildman–Crippen MR) is 103 cm³/mol. The lowest BCUT2D eigenvalue weighted by molar-refractivity contribution is 0.0936. The molecule has 3 heterocycles. The molecule has 9 heteroatoms. The Hall–Kier alpha value is -2.55. The summed E-state index contributed by atoms with van der Waals surface area (Å²) in [4.78, 5) is 27.2. The number of sulfone groups is 1. The monoisotopic (exact) mass is 389 g/mol. The molecule has 0 spiro atoms. The van der Waals surface area contributed by atoms with Crippen LogP contribution in [0.5, 0.6) is 0 Å². The molecule has 1 N–H and O–H groups in total. The van der Waals surface area contributed by atoms with Crippen molar-refractivity contribution in [1.29, 1.82) is 0 Å². The number of carbonyl (C=O) groups is 1. The molecule has 0 aliphatic carbocycles. The Morgan fingerprint density at radius 2 is 2.04 bits per heavy atom. The van der Waals surface area contributed by atoms with Crippen LogP contribution in [0.25, 0.3) is 0 Å². The van der Waals surface area contributed by atoms with Crippen molar-refractivity contribution in [3.8, 4) is 0 Å². The van der Waals surface area contributed by atoms with Crippen molar-refractivity contribution in [3.05, 3.63) is 47.5 Å². The molecule has 1 amide bonds. The zero-order valence-electron chi connectivity index (χ0n) is 15.4. The van der Waals surface area contributed by atoms with Gasteiger partial charge in [0.05, 0.1) is 11.5 Å². The molecule has 2 aromatic rings. The second kappa shape index (κ2) is 7.99. The molecule has 8 nitrogen and oxygen atoms in total. The SMILES string of the molecule is Cc1cc(C(=O)NC2CCS(=O)(=O)C2)nc(N(C)CCc2ccncc2)n1. The van der Waals surface area contributed by atoms with Gasteiger partial charge >= 0.3 is 0 Å². The number of aryl methyl sites for hydroxylation is 1. The van der Waals surface area contributed by atoms with Crippen molar-refractivity contribution in [2.45, 2.75) is 25.8 Å². The van der Waals surface area contributed by atoms with Crippen LogP contribution in [0.1, 0.15) is 28.2 Å². The predicted octanol–water partition coefficient (Wildman–Crippen LogP) is 0.776. The van der Waals surface area contributed by atoms with Crippen LogP contribution in [0.3, 0.4) is 0 Å². The average Bonchev–Trinajstić information content (AvgIpc) is 2.98. The summed E-state index contributed by atoms with van der Waals surface area (Å²) in [5.41, 5.74) is 2.09. The zero-order chi connectivity index (χ0) is 19.4.